The minimum atomic E-state index is -0.243. The summed E-state index contributed by atoms with van der Waals surface area (Å²) < 4.78 is 13.0. The van der Waals surface area contributed by atoms with Crippen LogP contribution in [-0.4, -0.2) is 12.5 Å². The van der Waals surface area contributed by atoms with E-state index in [1.807, 2.05) is 26.0 Å². The molecule has 0 aliphatic heterocycles. The molecular weight excluding hydrogens is 267 g/mol. The molecule has 0 saturated heterocycles. The Kier molecular flexibility index (Phi) is 4.58. The molecule has 2 aromatic rings. The molecule has 0 aromatic heterocycles. The largest absolute Gasteiger partial charge is 0.398 e. The number of rotatable bonds is 4. The fourth-order valence-electron chi connectivity index (χ4n) is 2.22. The molecule has 0 aliphatic rings. The van der Waals surface area contributed by atoms with E-state index in [0.717, 1.165) is 16.7 Å². The molecule has 0 spiro atoms. The van der Waals surface area contributed by atoms with Crippen LogP contribution < -0.4 is 11.1 Å². The summed E-state index contributed by atoms with van der Waals surface area (Å²) in [6.45, 7) is 4.21. The van der Waals surface area contributed by atoms with Gasteiger partial charge < -0.3 is 11.1 Å². The summed E-state index contributed by atoms with van der Waals surface area (Å²) in [5.41, 5.74) is 9.70. The first-order chi connectivity index (χ1) is 9.99. The van der Waals surface area contributed by atoms with E-state index < -0.39 is 0 Å². The number of benzene rings is 2. The lowest BCUT2D eigenvalue weighted by atomic mass is 10.1. The summed E-state index contributed by atoms with van der Waals surface area (Å²) in [5, 5.41) is 2.84. The second-order valence-electron chi connectivity index (χ2n) is 5.11. The van der Waals surface area contributed by atoms with Crippen LogP contribution >= 0.6 is 0 Å². The van der Waals surface area contributed by atoms with Gasteiger partial charge in [0, 0.05) is 12.2 Å². The van der Waals surface area contributed by atoms with Gasteiger partial charge in [-0.3, -0.25) is 4.79 Å². The SMILES string of the molecule is Cc1cc(F)ccc1CCNC(=O)c1cccc(C)c1N. The van der Waals surface area contributed by atoms with Crippen LogP contribution in [0.15, 0.2) is 36.4 Å². The van der Waals surface area contributed by atoms with Gasteiger partial charge in [-0.25, -0.2) is 4.39 Å². The van der Waals surface area contributed by atoms with Crippen LogP contribution in [0.2, 0.25) is 0 Å². The molecule has 2 aromatic carbocycles. The van der Waals surface area contributed by atoms with E-state index in [1.165, 1.54) is 12.1 Å². The molecule has 0 saturated carbocycles. The first kappa shape index (κ1) is 15.0. The summed E-state index contributed by atoms with van der Waals surface area (Å²) in [6, 6.07) is 10.1. The quantitative estimate of drug-likeness (QED) is 0.849. The van der Waals surface area contributed by atoms with Crippen molar-refractivity contribution in [3.05, 3.63) is 64.5 Å². The zero-order chi connectivity index (χ0) is 15.4. The maximum atomic E-state index is 13.0. The van der Waals surface area contributed by atoms with Crippen molar-refractivity contribution in [3.8, 4) is 0 Å². The molecule has 0 heterocycles. The molecule has 0 radical (unpaired) electrons. The van der Waals surface area contributed by atoms with Crippen LogP contribution in [0.25, 0.3) is 0 Å². The van der Waals surface area contributed by atoms with Gasteiger partial charge in [0.25, 0.3) is 5.91 Å². The minimum Gasteiger partial charge on any atom is -0.398 e. The lowest BCUT2D eigenvalue weighted by Crippen LogP contribution is -2.26. The standard InChI is InChI=1S/C17H19FN2O/c1-11-4-3-5-15(16(11)19)17(21)20-9-8-13-6-7-14(18)10-12(13)2/h3-7,10H,8-9,19H2,1-2H3,(H,20,21). The van der Waals surface area contributed by atoms with E-state index >= 15 is 0 Å². The number of hydrogen-bond acceptors (Lipinski definition) is 2. The summed E-state index contributed by atoms with van der Waals surface area (Å²) in [4.78, 5) is 12.1. The number of nitrogens with two attached hydrogens (primary N) is 1. The number of amides is 1. The topological polar surface area (TPSA) is 55.1 Å². The number of nitrogen functional groups attached to an aromatic ring is 1. The average molecular weight is 286 g/mol. The molecule has 0 bridgehead atoms. The number of carbonyl (C=O) groups is 1. The average Bonchev–Trinajstić information content (AvgIpc) is 2.44. The smallest absolute Gasteiger partial charge is 0.253 e. The molecular formula is C17H19FN2O. The number of anilines is 1. The third-order valence-electron chi connectivity index (χ3n) is 3.55. The van der Waals surface area contributed by atoms with Gasteiger partial charge in [-0.1, -0.05) is 18.2 Å². The predicted molar refractivity (Wildman–Crippen MR) is 82.8 cm³/mol. The normalized spacial score (nSPS) is 10.4. The van der Waals surface area contributed by atoms with Crippen molar-refractivity contribution in [1.29, 1.82) is 0 Å². The second-order valence-corrected chi connectivity index (χ2v) is 5.11. The molecule has 3 N–H and O–H groups in total. The van der Waals surface area contributed by atoms with E-state index in [9.17, 15) is 9.18 Å². The Balaban J connectivity index is 1.97. The van der Waals surface area contributed by atoms with E-state index in [4.69, 9.17) is 5.73 Å². The Labute approximate surface area is 124 Å². The Morgan fingerprint density at radius 3 is 2.67 bits per heavy atom. The molecule has 21 heavy (non-hydrogen) atoms. The Morgan fingerprint density at radius 1 is 1.19 bits per heavy atom. The van der Waals surface area contributed by atoms with E-state index in [0.29, 0.717) is 24.2 Å². The van der Waals surface area contributed by atoms with Gasteiger partial charge in [0.1, 0.15) is 5.82 Å². The maximum absolute atomic E-state index is 13.0. The predicted octanol–water partition coefficient (Wildman–Crippen LogP) is 3.00. The first-order valence-electron chi connectivity index (χ1n) is 6.87. The fourth-order valence-corrected chi connectivity index (χ4v) is 2.22. The van der Waals surface area contributed by atoms with Gasteiger partial charge in [-0.15, -0.1) is 0 Å². The van der Waals surface area contributed by atoms with Gasteiger partial charge >= 0.3 is 0 Å². The summed E-state index contributed by atoms with van der Waals surface area (Å²) in [7, 11) is 0. The number of carbonyl (C=O) groups excluding carboxylic acids is 1. The fraction of sp³-hybridized carbons (Fsp3) is 0.235. The molecule has 0 atom stereocenters. The Hall–Kier alpha value is -2.36. The molecule has 0 fully saturated rings. The van der Waals surface area contributed by atoms with Crippen LogP contribution in [0.3, 0.4) is 0 Å². The van der Waals surface area contributed by atoms with Crippen molar-refractivity contribution >= 4 is 11.6 Å². The highest BCUT2D eigenvalue weighted by Crippen LogP contribution is 2.16. The lowest BCUT2D eigenvalue weighted by Gasteiger charge is -2.10. The highest BCUT2D eigenvalue weighted by Gasteiger charge is 2.10. The Morgan fingerprint density at radius 2 is 1.95 bits per heavy atom. The van der Waals surface area contributed by atoms with E-state index in [1.54, 1.807) is 12.1 Å². The summed E-state index contributed by atoms with van der Waals surface area (Å²) in [6.07, 6.45) is 0.656. The van der Waals surface area contributed by atoms with E-state index in [-0.39, 0.29) is 11.7 Å². The summed E-state index contributed by atoms with van der Waals surface area (Å²) in [5.74, 6) is -0.427. The minimum absolute atomic E-state index is 0.184. The third kappa shape index (κ3) is 3.60. The van der Waals surface area contributed by atoms with E-state index in [2.05, 4.69) is 5.32 Å². The van der Waals surface area contributed by atoms with Crippen LogP contribution in [0.5, 0.6) is 0 Å². The van der Waals surface area contributed by atoms with Gasteiger partial charge in [0.2, 0.25) is 0 Å². The van der Waals surface area contributed by atoms with Crippen LogP contribution in [0, 0.1) is 19.7 Å². The molecule has 110 valence electrons. The molecule has 0 unspecified atom stereocenters. The Bertz CT molecular complexity index is 668. The zero-order valence-electron chi connectivity index (χ0n) is 12.2. The highest BCUT2D eigenvalue weighted by molar-refractivity contribution is 5.99. The number of halogens is 1. The molecule has 0 aliphatic carbocycles. The van der Waals surface area contributed by atoms with Gasteiger partial charge in [-0.05, 0) is 55.2 Å². The van der Waals surface area contributed by atoms with Gasteiger partial charge in [0.05, 0.1) is 5.56 Å². The third-order valence-corrected chi connectivity index (χ3v) is 3.55. The highest BCUT2D eigenvalue weighted by atomic mass is 19.1. The van der Waals surface area contributed by atoms with Crippen molar-refractivity contribution in [2.75, 3.05) is 12.3 Å². The number of para-hydroxylation sites is 1. The van der Waals surface area contributed by atoms with Crippen molar-refractivity contribution < 1.29 is 9.18 Å². The lowest BCUT2D eigenvalue weighted by molar-refractivity contribution is 0.0955. The zero-order valence-corrected chi connectivity index (χ0v) is 12.2. The monoisotopic (exact) mass is 286 g/mol. The van der Waals surface area contributed by atoms with Crippen molar-refractivity contribution in [3.63, 3.8) is 0 Å². The maximum Gasteiger partial charge on any atom is 0.253 e. The number of aryl methyl sites for hydroxylation is 2. The van der Waals surface area contributed by atoms with Crippen LogP contribution in [0.1, 0.15) is 27.0 Å². The molecule has 4 heteroatoms. The van der Waals surface area contributed by atoms with Gasteiger partial charge in [0.15, 0.2) is 0 Å². The van der Waals surface area contributed by atoms with Crippen LogP contribution in [-0.2, 0) is 6.42 Å². The molecule has 1 amide bonds. The first-order valence-corrected chi connectivity index (χ1v) is 6.87. The number of hydrogen-bond donors (Lipinski definition) is 2. The summed E-state index contributed by atoms with van der Waals surface area (Å²) >= 11 is 0. The van der Waals surface area contributed by atoms with Crippen molar-refractivity contribution in [2.24, 2.45) is 0 Å². The van der Waals surface area contributed by atoms with Crippen molar-refractivity contribution in [2.45, 2.75) is 20.3 Å². The molecule has 2 rings (SSSR count). The second kappa shape index (κ2) is 6.39. The van der Waals surface area contributed by atoms with Gasteiger partial charge in [-0.2, -0.15) is 0 Å². The van der Waals surface area contributed by atoms with Crippen molar-refractivity contribution in [1.82, 2.24) is 5.32 Å². The van der Waals surface area contributed by atoms with Crippen LogP contribution in [0.4, 0.5) is 10.1 Å². The molecule has 3 nitrogen and oxygen atoms in total. The number of nitrogens with one attached hydrogen (secondary N) is 1.